The van der Waals surface area contributed by atoms with Crippen molar-refractivity contribution < 1.29 is 9.59 Å². The predicted octanol–water partition coefficient (Wildman–Crippen LogP) is 4.58. The summed E-state index contributed by atoms with van der Waals surface area (Å²) < 4.78 is 1.73. The summed E-state index contributed by atoms with van der Waals surface area (Å²) in [6, 6.07) is 22.3. The van der Waals surface area contributed by atoms with Gasteiger partial charge in [-0.2, -0.15) is 5.10 Å². The summed E-state index contributed by atoms with van der Waals surface area (Å²) in [4.78, 5) is 24.1. The number of aryl methyl sites for hydroxylation is 2. The van der Waals surface area contributed by atoms with Crippen LogP contribution in [-0.2, 0) is 6.54 Å². The number of nitrogens with one attached hydrogen (secondary N) is 2. The van der Waals surface area contributed by atoms with Gasteiger partial charge in [0.05, 0.1) is 11.3 Å². The van der Waals surface area contributed by atoms with E-state index in [2.05, 4.69) is 17.6 Å². The minimum absolute atomic E-state index is 0.218. The molecule has 0 atom stereocenters. The average Bonchev–Trinajstić information content (AvgIpc) is 3.26. The van der Waals surface area contributed by atoms with Gasteiger partial charge in [0.25, 0.3) is 5.91 Å². The Morgan fingerprint density at radius 2 is 1.67 bits per heavy atom. The SMILES string of the molecule is Cc1ccc(-c2nn(-c3ccccc3)cc2C(=O)NCc2ccc(NC(N)=O)cc2)cc1C. The first-order valence-electron chi connectivity index (χ1n) is 10.6. The van der Waals surface area contributed by atoms with Crippen LogP contribution in [0.2, 0.25) is 0 Å². The van der Waals surface area contributed by atoms with Crippen molar-refractivity contribution in [2.75, 3.05) is 5.32 Å². The molecule has 7 heteroatoms. The third-order valence-electron chi connectivity index (χ3n) is 5.43. The molecule has 166 valence electrons. The maximum Gasteiger partial charge on any atom is 0.316 e. The molecular weight excluding hydrogens is 414 g/mol. The first kappa shape index (κ1) is 21.8. The molecule has 0 radical (unpaired) electrons. The van der Waals surface area contributed by atoms with Crippen LogP contribution in [0.15, 0.2) is 79.0 Å². The lowest BCUT2D eigenvalue weighted by molar-refractivity contribution is 0.0951. The number of carbonyl (C=O) groups is 2. The Morgan fingerprint density at radius 3 is 2.33 bits per heavy atom. The number of anilines is 1. The van der Waals surface area contributed by atoms with E-state index in [4.69, 9.17) is 10.8 Å². The fourth-order valence-electron chi connectivity index (χ4n) is 3.48. The van der Waals surface area contributed by atoms with Crippen molar-refractivity contribution in [1.82, 2.24) is 15.1 Å². The molecule has 33 heavy (non-hydrogen) atoms. The zero-order valence-electron chi connectivity index (χ0n) is 18.5. The minimum atomic E-state index is -0.620. The fraction of sp³-hybridized carbons (Fsp3) is 0.115. The maximum absolute atomic E-state index is 13.2. The van der Waals surface area contributed by atoms with Crippen molar-refractivity contribution in [3.05, 3.63) is 101 Å². The molecule has 3 amide bonds. The number of rotatable bonds is 6. The van der Waals surface area contributed by atoms with Gasteiger partial charge in [0.2, 0.25) is 0 Å². The van der Waals surface area contributed by atoms with Crippen molar-refractivity contribution >= 4 is 17.6 Å². The molecule has 0 aliphatic rings. The molecule has 1 aromatic heterocycles. The molecule has 4 aromatic rings. The van der Waals surface area contributed by atoms with Gasteiger partial charge in [-0.25, -0.2) is 9.48 Å². The van der Waals surface area contributed by atoms with E-state index in [-0.39, 0.29) is 5.91 Å². The van der Waals surface area contributed by atoms with Gasteiger partial charge in [0.15, 0.2) is 0 Å². The molecule has 4 N–H and O–H groups in total. The first-order valence-corrected chi connectivity index (χ1v) is 10.6. The topological polar surface area (TPSA) is 102 Å². The van der Waals surface area contributed by atoms with Crippen LogP contribution in [-0.4, -0.2) is 21.7 Å². The van der Waals surface area contributed by atoms with Crippen LogP contribution in [0.4, 0.5) is 10.5 Å². The highest BCUT2D eigenvalue weighted by molar-refractivity contribution is 6.00. The Morgan fingerprint density at radius 1 is 0.939 bits per heavy atom. The van der Waals surface area contributed by atoms with Gasteiger partial charge in [-0.1, -0.05) is 42.5 Å². The quantitative estimate of drug-likeness (QED) is 0.410. The standard InChI is InChI=1S/C26H25N5O2/c1-17-8-11-20(14-18(17)2)24-23(16-31(30-24)22-6-4-3-5-7-22)25(32)28-15-19-9-12-21(13-10-19)29-26(27)33/h3-14,16H,15H2,1-2H3,(H,28,32)(H3,27,29,33). The van der Waals surface area contributed by atoms with Crippen LogP contribution in [0.5, 0.6) is 0 Å². The summed E-state index contributed by atoms with van der Waals surface area (Å²) in [5.41, 5.74) is 11.8. The molecule has 3 aromatic carbocycles. The normalized spacial score (nSPS) is 10.6. The highest BCUT2D eigenvalue weighted by atomic mass is 16.2. The number of carbonyl (C=O) groups excluding carboxylic acids is 2. The number of aromatic nitrogens is 2. The summed E-state index contributed by atoms with van der Waals surface area (Å²) in [5.74, 6) is -0.218. The highest BCUT2D eigenvalue weighted by Crippen LogP contribution is 2.26. The van der Waals surface area contributed by atoms with Gasteiger partial charge in [0.1, 0.15) is 5.69 Å². The second-order valence-corrected chi connectivity index (χ2v) is 7.84. The van der Waals surface area contributed by atoms with Crippen LogP contribution >= 0.6 is 0 Å². The molecule has 0 unspecified atom stereocenters. The van der Waals surface area contributed by atoms with Crippen LogP contribution in [0.3, 0.4) is 0 Å². The first-order chi connectivity index (χ1) is 15.9. The highest BCUT2D eigenvalue weighted by Gasteiger charge is 2.19. The van der Waals surface area contributed by atoms with Crippen molar-refractivity contribution in [1.29, 1.82) is 0 Å². The minimum Gasteiger partial charge on any atom is -0.351 e. The van der Waals surface area contributed by atoms with Crippen molar-refractivity contribution in [2.24, 2.45) is 5.73 Å². The van der Waals surface area contributed by atoms with Gasteiger partial charge in [-0.15, -0.1) is 0 Å². The number of urea groups is 1. The van der Waals surface area contributed by atoms with E-state index in [1.807, 2.05) is 67.6 Å². The molecule has 0 bridgehead atoms. The van der Waals surface area contributed by atoms with Crippen LogP contribution in [0, 0.1) is 13.8 Å². The lowest BCUT2D eigenvalue weighted by atomic mass is 10.0. The molecule has 0 fully saturated rings. The number of nitrogens with zero attached hydrogens (tertiary/aromatic N) is 2. The van der Waals surface area contributed by atoms with Gasteiger partial charge in [0, 0.05) is 24.0 Å². The number of amides is 3. The Labute approximate surface area is 192 Å². The molecule has 0 aliphatic heterocycles. The average molecular weight is 440 g/mol. The third kappa shape index (κ3) is 5.10. The molecule has 7 nitrogen and oxygen atoms in total. The third-order valence-corrected chi connectivity index (χ3v) is 5.43. The molecule has 0 aliphatic carbocycles. The van der Waals surface area contributed by atoms with Crippen molar-refractivity contribution in [3.8, 4) is 16.9 Å². The number of primary amides is 1. The monoisotopic (exact) mass is 439 g/mol. The number of para-hydroxylation sites is 1. The zero-order chi connectivity index (χ0) is 23.4. The number of hydrogen-bond donors (Lipinski definition) is 3. The van der Waals surface area contributed by atoms with Gasteiger partial charge < -0.3 is 16.4 Å². The van der Waals surface area contributed by atoms with Crippen LogP contribution in [0.25, 0.3) is 16.9 Å². The second-order valence-electron chi connectivity index (χ2n) is 7.84. The van der Waals surface area contributed by atoms with E-state index >= 15 is 0 Å². The Hall–Kier alpha value is -4.39. The van der Waals surface area contributed by atoms with Crippen molar-refractivity contribution in [3.63, 3.8) is 0 Å². The lowest BCUT2D eigenvalue weighted by Crippen LogP contribution is -2.23. The van der Waals surface area contributed by atoms with E-state index in [9.17, 15) is 9.59 Å². The molecule has 0 saturated carbocycles. The van der Waals surface area contributed by atoms with E-state index in [1.165, 1.54) is 5.56 Å². The lowest BCUT2D eigenvalue weighted by Gasteiger charge is -2.08. The summed E-state index contributed by atoms with van der Waals surface area (Å²) in [7, 11) is 0. The molecule has 0 saturated heterocycles. The second kappa shape index (κ2) is 9.40. The van der Waals surface area contributed by atoms with E-state index in [0.29, 0.717) is 23.5 Å². The Kier molecular flexibility index (Phi) is 6.22. The number of benzene rings is 3. The van der Waals surface area contributed by atoms with E-state index in [0.717, 1.165) is 22.4 Å². The summed E-state index contributed by atoms with van der Waals surface area (Å²) in [5, 5.41) is 10.2. The Bertz CT molecular complexity index is 1290. The van der Waals surface area contributed by atoms with Gasteiger partial charge >= 0.3 is 6.03 Å². The summed E-state index contributed by atoms with van der Waals surface area (Å²) in [6.45, 7) is 4.43. The zero-order valence-corrected chi connectivity index (χ0v) is 18.5. The van der Waals surface area contributed by atoms with Crippen molar-refractivity contribution in [2.45, 2.75) is 20.4 Å². The predicted molar refractivity (Wildman–Crippen MR) is 129 cm³/mol. The smallest absolute Gasteiger partial charge is 0.316 e. The van der Waals surface area contributed by atoms with Crippen LogP contribution in [0.1, 0.15) is 27.0 Å². The fourth-order valence-corrected chi connectivity index (χ4v) is 3.48. The molecule has 4 rings (SSSR count). The molecule has 0 spiro atoms. The van der Waals surface area contributed by atoms with E-state index in [1.54, 1.807) is 23.0 Å². The van der Waals surface area contributed by atoms with Gasteiger partial charge in [-0.05, 0) is 60.9 Å². The van der Waals surface area contributed by atoms with Gasteiger partial charge in [-0.3, -0.25) is 4.79 Å². The molecule has 1 heterocycles. The maximum atomic E-state index is 13.2. The van der Waals surface area contributed by atoms with Crippen LogP contribution < -0.4 is 16.4 Å². The number of nitrogens with two attached hydrogens (primary N) is 1. The number of hydrogen-bond acceptors (Lipinski definition) is 3. The molecular formula is C26H25N5O2. The van der Waals surface area contributed by atoms with E-state index < -0.39 is 6.03 Å². The summed E-state index contributed by atoms with van der Waals surface area (Å²) >= 11 is 0. The largest absolute Gasteiger partial charge is 0.351 e. The Balaban J connectivity index is 1.61. The summed E-state index contributed by atoms with van der Waals surface area (Å²) in [6.07, 6.45) is 1.76.